The lowest BCUT2D eigenvalue weighted by molar-refractivity contribution is 0.373. The summed E-state index contributed by atoms with van der Waals surface area (Å²) in [7, 11) is 1.53. The minimum absolute atomic E-state index is 0.150. The van der Waals surface area contributed by atoms with E-state index in [2.05, 4.69) is 37.2 Å². The van der Waals surface area contributed by atoms with Crippen molar-refractivity contribution in [2.45, 2.75) is 6.54 Å². The predicted molar refractivity (Wildman–Crippen MR) is 83.8 cm³/mol. The maximum Gasteiger partial charge on any atom is 0.160 e. The zero-order valence-electron chi connectivity index (χ0n) is 10.3. The predicted octanol–water partition coefficient (Wildman–Crippen LogP) is 4.54. The summed E-state index contributed by atoms with van der Waals surface area (Å²) in [5.41, 5.74) is 1.98. The third-order valence-corrected chi connectivity index (χ3v) is 3.81. The van der Waals surface area contributed by atoms with Crippen LogP contribution in [-0.4, -0.2) is 12.2 Å². The van der Waals surface area contributed by atoms with Crippen LogP contribution in [0.1, 0.15) is 5.56 Å². The van der Waals surface area contributed by atoms with Gasteiger partial charge in [0, 0.05) is 21.2 Å². The molecule has 0 saturated heterocycles. The first-order chi connectivity index (χ1) is 9.10. The molecule has 3 nitrogen and oxygen atoms in total. The summed E-state index contributed by atoms with van der Waals surface area (Å²) in [6, 6.07) is 11.3. The molecule has 0 spiro atoms. The van der Waals surface area contributed by atoms with Crippen molar-refractivity contribution >= 4 is 37.5 Å². The van der Waals surface area contributed by atoms with Crippen molar-refractivity contribution in [3.05, 3.63) is 50.9 Å². The van der Waals surface area contributed by atoms with Crippen LogP contribution >= 0.6 is 31.9 Å². The van der Waals surface area contributed by atoms with Crippen LogP contribution in [0.4, 0.5) is 5.69 Å². The number of phenols is 1. The van der Waals surface area contributed by atoms with E-state index in [1.54, 1.807) is 12.1 Å². The first-order valence-corrected chi connectivity index (χ1v) is 7.23. The number of methoxy groups -OCH3 is 1. The maximum atomic E-state index is 9.71. The Morgan fingerprint density at radius 1 is 1.16 bits per heavy atom. The molecule has 0 atom stereocenters. The van der Waals surface area contributed by atoms with Crippen molar-refractivity contribution in [3.63, 3.8) is 0 Å². The quantitative estimate of drug-likeness (QED) is 0.810. The van der Waals surface area contributed by atoms with Crippen LogP contribution in [0.25, 0.3) is 0 Å². The van der Waals surface area contributed by atoms with Crippen molar-refractivity contribution in [2.75, 3.05) is 12.4 Å². The van der Waals surface area contributed by atoms with Gasteiger partial charge in [0.25, 0.3) is 0 Å². The third-order valence-electron chi connectivity index (χ3n) is 2.66. The number of aromatic hydroxyl groups is 1. The molecule has 0 heterocycles. The summed E-state index contributed by atoms with van der Waals surface area (Å²) < 4.78 is 7.02. The van der Waals surface area contributed by atoms with Gasteiger partial charge in [-0.3, -0.25) is 0 Å². The maximum absolute atomic E-state index is 9.71. The van der Waals surface area contributed by atoms with Crippen LogP contribution in [0.3, 0.4) is 0 Å². The fourth-order valence-corrected chi connectivity index (χ4v) is 2.86. The highest BCUT2D eigenvalue weighted by molar-refractivity contribution is 9.11. The van der Waals surface area contributed by atoms with Gasteiger partial charge in [-0.05, 0) is 51.8 Å². The topological polar surface area (TPSA) is 41.5 Å². The molecule has 19 heavy (non-hydrogen) atoms. The molecule has 0 radical (unpaired) electrons. The van der Waals surface area contributed by atoms with E-state index in [0.717, 1.165) is 20.2 Å². The fourth-order valence-electron chi connectivity index (χ4n) is 1.68. The molecule has 0 amide bonds. The van der Waals surface area contributed by atoms with E-state index in [4.69, 9.17) is 4.74 Å². The van der Waals surface area contributed by atoms with Crippen molar-refractivity contribution < 1.29 is 9.84 Å². The molecule has 0 saturated carbocycles. The molecule has 2 aromatic rings. The Morgan fingerprint density at radius 3 is 2.58 bits per heavy atom. The summed E-state index contributed by atoms with van der Waals surface area (Å²) in [4.78, 5) is 0. The first-order valence-electron chi connectivity index (χ1n) is 5.65. The molecule has 100 valence electrons. The zero-order valence-corrected chi connectivity index (χ0v) is 13.5. The summed E-state index contributed by atoms with van der Waals surface area (Å²) in [6.07, 6.45) is 0. The van der Waals surface area contributed by atoms with Crippen molar-refractivity contribution in [1.29, 1.82) is 0 Å². The van der Waals surface area contributed by atoms with Gasteiger partial charge in [-0.15, -0.1) is 0 Å². The second-order valence-electron chi connectivity index (χ2n) is 3.98. The number of anilines is 1. The highest BCUT2D eigenvalue weighted by Crippen LogP contribution is 2.28. The van der Waals surface area contributed by atoms with Gasteiger partial charge in [0.1, 0.15) is 0 Å². The third kappa shape index (κ3) is 3.64. The lowest BCUT2D eigenvalue weighted by atomic mass is 10.2. The lowest BCUT2D eigenvalue weighted by Gasteiger charge is -2.10. The Labute approximate surface area is 128 Å². The van der Waals surface area contributed by atoms with E-state index in [1.807, 2.05) is 24.3 Å². The average molecular weight is 387 g/mol. The first kappa shape index (κ1) is 14.2. The minimum atomic E-state index is 0.150. The number of ether oxygens (including phenoxy) is 1. The molecule has 0 aliphatic carbocycles. The fraction of sp³-hybridized carbons (Fsp3) is 0.143. The number of halogens is 2. The Morgan fingerprint density at radius 2 is 1.95 bits per heavy atom. The Bertz CT molecular complexity index is 588. The summed E-state index contributed by atoms with van der Waals surface area (Å²) in [5.74, 6) is 0.630. The Kier molecular flexibility index (Phi) is 4.71. The molecular formula is C14H13Br2NO2. The van der Waals surface area contributed by atoms with E-state index in [0.29, 0.717) is 12.3 Å². The van der Waals surface area contributed by atoms with Crippen LogP contribution in [-0.2, 0) is 6.54 Å². The second kappa shape index (κ2) is 6.30. The molecule has 0 fully saturated rings. The van der Waals surface area contributed by atoms with Gasteiger partial charge in [-0.2, -0.15) is 0 Å². The molecule has 0 bridgehead atoms. The highest BCUT2D eigenvalue weighted by Gasteiger charge is 2.04. The van der Waals surface area contributed by atoms with Gasteiger partial charge in [-0.1, -0.05) is 22.0 Å². The largest absolute Gasteiger partial charge is 0.504 e. The number of benzene rings is 2. The van der Waals surface area contributed by atoms with Crippen LogP contribution in [0, 0.1) is 0 Å². The smallest absolute Gasteiger partial charge is 0.160 e. The number of hydrogen-bond acceptors (Lipinski definition) is 3. The van der Waals surface area contributed by atoms with Crippen molar-refractivity contribution in [3.8, 4) is 11.5 Å². The average Bonchev–Trinajstić information content (AvgIpc) is 2.38. The van der Waals surface area contributed by atoms with Gasteiger partial charge in [0.2, 0.25) is 0 Å². The minimum Gasteiger partial charge on any atom is -0.504 e. The lowest BCUT2D eigenvalue weighted by Crippen LogP contribution is -2.00. The van der Waals surface area contributed by atoms with Gasteiger partial charge in [0.15, 0.2) is 11.5 Å². The normalized spacial score (nSPS) is 10.3. The van der Waals surface area contributed by atoms with Crippen LogP contribution in [0.2, 0.25) is 0 Å². The van der Waals surface area contributed by atoms with Crippen molar-refractivity contribution in [2.24, 2.45) is 0 Å². The summed E-state index contributed by atoms with van der Waals surface area (Å²) in [5, 5.41) is 13.0. The molecule has 0 aromatic heterocycles. The second-order valence-corrected chi connectivity index (χ2v) is 5.75. The van der Waals surface area contributed by atoms with Crippen LogP contribution in [0.15, 0.2) is 45.3 Å². The van der Waals surface area contributed by atoms with E-state index in [1.165, 1.54) is 7.11 Å². The molecule has 0 aliphatic heterocycles. The van der Waals surface area contributed by atoms with Gasteiger partial charge in [-0.25, -0.2) is 0 Å². The number of nitrogens with one attached hydrogen (secondary N) is 1. The van der Waals surface area contributed by atoms with E-state index >= 15 is 0 Å². The van der Waals surface area contributed by atoms with Crippen LogP contribution < -0.4 is 10.1 Å². The van der Waals surface area contributed by atoms with E-state index in [-0.39, 0.29) is 5.75 Å². The molecular weight excluding hydrogens is 374 g/mol. The molecule has 2 aromatic carbocycles. The number of phenolic OH excluding ortho intramolecular Hbond substituents is 1. The highest BCUT2D eigenvalue weighted by atomic mass is 79.9. The van der Waals surface area contributed by atoms with Crippen molar-refractivity contribution in [1.82, 2.24) is 0 Å². The Balaban J connectivity index is 2.08. The molecule has 5 heteroatoms. The molecule has 2 rings (SSSR count). The van der Waals surface area contributed by atoms with Gasteiger partial charge < -0.3 is 15.2 Å². The Hall–Kier alpha value is -1.20. The van der Waals surface area contributed by atoms with Crippen LogP contribution in [0.5, 0.6) is 11.5 Å². The monoisotopic (exact) mass is 385 g/mol. The molecule has 0 unspecified atom stereocenters. The number of hydrogen-bond donors (Lipinski definition) is 2. The number of rotatable bonds is 4. The SMILES string of the molecule is COc1ccc(CNc2ccc(Br)cc2Br)cc1O. The summed E-state index contributed by atoms with van der Waals surface area (Å²) >= 11 is 6.91. The molecule has 0 aliphatic rings. The molecule has 2 N–H and O–H groups in total. The van der Waals surface area contributed by atoms with E-state index < -0.39 is 0 Å². The zero-order chi connectivity index (χ0) is 13.8. The standard InChI is InChI=1S/C14H13Br2NO2/c1-19-14-5-2-9(6-13(14)18)8-17-12-4-3-10(15)7-11(12)16/h2-7,17-18H,8H2,1H3. The van der Waals surface area contributed by atoms with E-state index in [9.17, 15) is 5.11 Å². The van der Waals surface area contributed by atoms with Gasteiger partial charge in [0.05, 0.1) is 7.11 Å². The van der Waals surface area contributed by atoms with Gasteiger partial charge >= 0.3 is 0 Å². The summed E-state index contributed by atoms with van der Waals surface area (Å²) in [6.45, 7) is 0.623.